The number of ketones is 1. The topological polar surface area (TPSA) is 50.1 Å². The van der Waals surface area contributed by atoms with Gasteiger partial charge in [0.25, 0.3) is 0 Å². The molecule has 116 valence electrons. The minimum absolute atomic E-state index is 0.0163. The third-order valence-corrected chi connectivity index (χ3v) is 3.23. The highest BCUT2D eigenvalue weighted by molar-refractivity contribution is 6.14. The third kappa shape index (κ3) is 4.31. The van der Waals surface area contributed by atoms with Crippen molar-refractivity contribution >= 4 is 11.9 Å². The van der Waals surface area contributed by atoms with Gasteiger partial charge < -0.3 is 4.74 Å². The summed E-state index contributed by atoms with van der Waals surface area (Å²) in [4.78, 5) is 12.5. The number of hydrogen-bond donors (Lipinski definition) is 0. The van der Waals surface area contributed by atoms with Gasteiger partial charge in [0.05, 0.1) is 6.10 Å². The van der Waals surface area contributed by atoms with Crippen molar-refractivity contribution in [1.82, 2.24) is 0 Å². The van der Waals surface area contributed by atoms with Crippen molar-refractivity contribution in [3.8, 4) is 11.8 Å². The molecule has 0 amide bonds. The highest BCUT2D eigenvalue weighted by atomic mass is 16.5. The predicted octanol–water partition coefficient (Wildman–Crippen LogP) is 4.57. The lowest BCUT2D eigenvalue weighted by Crippen LogP contribution is -2.07. The van der Waals surface area contributed by atoms with E-state index in [1.54, 1.807) is 18.2 Å². The maximum Gasteiger partial charge on any atom is 0.203 e. The second-order valence-corrected chi connectivity index (χ2v) is 5.57. The smallest absolute Gasteiger partial charge is 0.203 e. The fraction of sp³-hybridized carbons (Fsp3) is 0.200. The van der Waals surface area contributed by atoms with E-state index in [0.717, 1.165) is 11.1 Å². The monoisotopic (exact) mass is 305 g/mol. The highest BCUT2D eigenvalue weighted by Gasteiger charge is 2.13. The minimum Gasteiger partial charge on any atom is -0.490 e. The number of ether oxygens (including phenoxy) is 1. The van der Waals surface area contributed by atoms with Gasteiger partial charge in [-0.3, -0.25) is 4.79 Å². The zero-order chi connectivity index (χ0) is 16.8. The van der Waals surface area contributed by atoms with Crippen LogP contribution in [0.15, 0.2) is 54.1 Å². The number of Topliss-reactive ketones (excluding diaryl/α,β-unsaturated/α-hetero) is 1. The maximum atomic E-state index is 12.5. The Balaban J connectivity index is 2.40. The van der Waals surface area contributed by atoms with E-state index in [2.05, 4.69) is 0 Å². The second-order valence-electron chi connectivity index (χ2n) is 5.57. The van der Waals surface area contributed by atoms with E-state index in [1.165, 1.54) is 0 Å². The van der Waals surface area contributed by atoms with Gasteiger partial charge in [-0.25, -0.2) is 0 Å². The second kappa shape index (κ2) is 7.42. The largest absolute Gasteiger partial charge is 0.490 e. The third-order valence-electron chi connectivity index (χ3n) is 3.23. The average Bonchev–Trinajstić information content (AvgIpc) is 2.53. The summed E-state index contributed by atoms with van der Waals surface area (Å²) in [5, 5.41) is 9.38. The summed E-state index contributed by atoms with van der Waals surface area (Å²) in [6, 6.07) is 16.6. The van der Waals surface area contributed by atoms with Crippen LogP contribution < -0.4 is 4.74 Å². The van der Waals surface area contributed by atoms with E-state index in [9.17, 15) is 10.1 Å². The molecule has 23 heavy (non-hydrogen) atoms. The summed E-state index contributed by atoms with van der Waals surface area (Å²) in [5.74, 6) is 0.378. The van der Waals surface area contributed by atoms with Gasteiger partial charge in [-0.1, -0.05) is 42.0 Å². The SMILES string of the molecule is Cc1cccc(C(=O)/C(C#N)=C/c2ccccc2OC(C)C)c1. The Labute approximate surface area is 136 Å². The maximum absolute atomic E-state index is 12.5. The van der Waals surface area contributed by atoms with Crippen LogP contribution in [-0.2, 0) is 0 Å². The Morgan fingerprint density at radius 1 is 1.17 bits per heavy atom. The molecule has 0 aliphatic rings. The number of benzene rings is 2. The lowest BCUT2D eigenvalue weighted by molar-refractivity contribution is 0.104. The molecule has 2 aromatic carbocycles. The van der Waals surface area contributed by atoms with Gasteiger partial charge in [-0.2, -0.15) is 5.26 Å². The molecule has 0 heterocycles. The number of rotatable bonds is 5. The molecule has 0 radical (unpaired) electrons. The summed E-state index contributed by atoms with van der Waals surface area (Å²) < 4.78 is 5.73. The molecule has 0 bridgehead atoms. The van der Waals surface area contributed by atoms with E-state index < -0.39 is 0 Å². The van der Waals surface area contributed by atoms with Crippen molar-refractivity contribution in [2.45, 2.75) is 26.9 Å². The fourth-order valence-electron chi connectivity index (χ4n) is 2.21. The molecular formula is C20H19NO2. The van der Waals surface area contributed by atoms with E-state index in [-0.39, 0.29) is 17.5 Å². The normalized spacial score (nSPS) is 11.2. The number of nitrogens with zero attached hydrogens (tertiary/aromatic N) is 1. The lowest BCUT2D eigenvalue weighted by Gasteiger charge is -2.12. The van der Waals surface area contributed by atoms with Crippen LogP contribution >= 0.6 is 0 Å². The summed E-state index contributed by atoms with van der Waals surface area (Å²) in [7, 11) is 0. The van der Waals surface area contributed by atoms with Crippen LogP contribution in [0.25, 0.3) is 6.08 Å². The van der Waals surface area contributed by atoms with E-state index in [4.69, 9.17) is 4.74 Å². The van der Waals surface area contributed by atoms with Gasteiger partial charge in [-0.05, 0) is 39.0 Å². The van der Waals surface area contributed by atoms with Crippen LogP contribution in [0.1, 0.15) is 35.3 Å². The summed E-state index contributed by atoms with van der Waals surface area (Å²) in [6.45, 7) is 5.78. The molecule has 0 aliphatic carbocycles. The number of carbonyl (C=O) groups is 1. The molecule has 0 atom stereocenters. The van der Waals surface area contributed by atoms with Crippen molar-refractivity contribution < 1.29 is 9.53 Å². The van der Waals surface area contributed by atoms with Crippen LogP contribution in [0.5, 0.6) is 5.75 Å². The molecule has 0 aliphatic heterocycles. The number of para-hydroxylation sites is 1. The van der Waals surface area contributed by atoms with Crippen LogP contribution in [0.2, 0.25) is 0 Å². The molecule has 0 N–H and O–H groups in total. The van der Waals surface area contributed by atoms with Crippen LogP contribution in [0, 0.1) is 18.3 Å². The van der Waals surface area contributed by atoms with Crippen LogP contribution in [0.3, 0.4) is 0 Å². The van der Waals surface area contributed by atoms with E-state index in [0.29, 0.717) is 11.3 Å². The molecule has 0 unspecified atom stereocenters. The molecule has 0 saturated carbocycles. The number of allylic oxidation sites excluding steroid dienone is 1. The van der Waals surface area contributed by atoms with Gasteiger partial charge in [0.1, 0.15) is 17.4 Å². The number of aryl methyl sites for hydroxylation is 1. The van der Waals surface area contributed by atoms with Gasteiger partial charge in [-0.15, -0.1) is 0 Å². The van der Waals surface area contributed by atoms with Crippen molar-refractivity contribution in [3.05, 3.63) is 70.8 Å². The first-order valence-electron chi connectivity index (χ1n) is 7.50. The highest BCUT2D eigenvalue weighted by Crippen LogP contribution is 2.23. The Kier molecular flexibility index (Phi) is 5.32. The Hall–Kier alpha value is -2.86. The lowest BCUT2D eigenvalue weighted by atomic mass is 10.0. The number of hydrogen-bond acceptors (Lipinski definition) is 3. The average molecular weight is 305 g/mol. The van der Waals surface area contributed by atoms with Crippen molar-refractivity contribution in [2.24, 2.45) is 0 Å². The summed E-state index contributed by atoms with van der Waals surface area (Å²) >= 11 is 0. The zero-order valence-electron chi connectivity index (χ0n) is 13.5. The van der Waals surface area contributed by atoms with Gasteiger partial charge in [0.15, 0.2) is 0 Å². The molecule has 0 aromatic heterocycles. The van der Waals surface area contributed by atoms with Gasteiger partial charge >= 0.3 is 0 Å². The summed E-state index contributed by atoms with van der Waals surface area (Å²) in [5.41, 5.74) is 2.31. The fourth-order valence-corrected chi connectivity index (χ4v) is 2.21. The first-order chi connectivity index (χ1) is 11.0. The number of nitriles is 1. The van der Waals surface area contributed by atoms with Crippen LogP contribution in [0.4, 0.5) is 0 Å². The zero-order valence-corrected chi connectivity index (χ0v) is 13.5. The molecular weight excluding hydrogens is 286 g/mol. The van der Waals surface area contributed by atoms with Gasteiger partial charge in [0.2, 0.25) is 5.78 Å². The molecule has 0 fully saturated rings. The molecule has 0 saturated heterocycles. The Bertz CT molecular complexity index is 782. The van der Waals surface area contributed by atoms with Crippen molar-refractivity contribution in [2.75, 3.05) is 0 Å². The molecule has 2 rings (SSSR count). The number of carbonyl (C=O) groups excluding carboxylic acids is 1. The van der Waals surface area contributed by atoms with Crippen molar-refractivity contribution in [3.63, 3.8) is 0 Å². The van der Waals surface area contributed by atoms with Crippen molar-refractivity contribution in [1.29, 1.82) is 5.26 Å². The van der Waals surface area contributed by atoms with Gasteiger partial charge in [0, 0.05) is 11.1 Å². The first kappa shape index (κ1) is 16.5. The quantitative estimate of drug-likeness (QED) is 0.462. The molecule has 3 heteroatoms. The molecule has 0 spiro atoms. The van der Waals surface area contributed by atoms with E-state index in [1.807, 2.05) is 63.2 Å². The first-order valence-corrected chi connectivity index (χ1v) is 7.50. The van der Waals surface area contributed by atoms with Crippen LogP contribution in [-0.4, -0.2) is 11.9 Å². The predicted molar refractivity (Wildman–Crippen MR) is 91.3 cm³/mol. The Morgan fingerprint density at radius 2 is 1.91 bits per heavy atom. The summed E-state index contributed by atoms with van der Waals surface area (Å²) in [6.07, 6.45) is 1.60. The molecule has 2 aromatic rings. The Morgan fingerprint density at radius 3 is 2.57 bits per heavy atom. The minimum atomic E-state index is -0.282. The molecule has 3 nitrogen and oxygen atoms in total. The van der Waals surface area contributed by atoms with E-state index >= 15 is 0 Å². The standard InChI is InChI=1S/C20H19NO2/c1-14(2)23-19-10-5-4-8-16(19)12-18(13-21)20(22)17-9-6-7-15(3)11-17/h4-12,14H,1-3H3/b18-12+.